The fraction of sp³-hybridized carbons (Fsp3) is 0.636. The molecule has 1 aromatic rings. The van der Waals surface area contributed by atoms with Crippen LogP contribution in [-0.2, 0) is 6.42 Å². The zero-order valence-corrected chi connectivity index (χ0v) is 11.7. The number of halogens is 1. The van der Waals surface area contributed by atoms with E-state index in [1.165, 1.54) is 6.42 Å². The maximum Gasteiger partial charge on any atom is 0.115 e. The van der Waals surface area contributed by atoms with Crippen LogP contribution in [-0.4, -0.2) is 23.1 Å². The molecule has 1 heterocycles. The second-order valence-corrected chi connectivity index (χ2v) is 5.30. The van der Waals surface area contributed by atoms with Gasteiger partial charge in [-0.25, -0.2) is 9.97 Å². The molecule has 0 spiro atoms. The molecule has 1 rings (SSSR count). The van der Waals surface area contributed by atoms with Crippen molar-refractivity contribution in [1.82, 2.24) is 15.3 Å². The molecule has 0 bridgehead atoms. The summed E-state index contributed by atoms with van der Waals surface area (Å²) in [5, 5.41) is 3.35. The van der Waals surface area contributed by atoms with Gasteiger partial charge in [-0.05, 0) is 42.0 Å². The first-order valence-corrected chi connectivity index (χ1v) is 6.33. The molecule has 0 saturated carbocycles. The lowest BCUT2D eigenvalue weighted by atomic mass is 10.00. The first-order chi connectivity index (χ1) is 7.13. The molecule has 0 aliphatic carbocycles. The highest BCUT2D eigenvalue weighted by Gasteiger charge is 2.12. The van der Waals surface area contributed by atoms with Crippen LogP contribution >= 0.6 is 22.6 Å². The van der Waals surface area contributed by atoms with Crippen LogP contribution in [0.25, 0.3) is 0 Å². The van der Waals surface area contributed by atoms with Crippen molar-refractivity contribution in [3.8, 4) is 0 Å². The third kappa shape index (κ3) is 4.42. The van der Waals surface area contributed by atoms with Crippen molar-refractivity contribution in [1.29, 1.82) is 0 Å². The summed E-state index contributed by atoms with van der Waals surface area (Å²) in [5.74, 6) is 0.710. The molecule has 84 valence electrons. The summed E-state index contributed by atoms with van der Waals surface area (Å²) in [4.78, 5) is 8.31. The van der Waals surface area contributed by atoms with Crippen molar-refractivity contribution in [3.63, 3.8) is 0 Å². The van der Waals surface area contributed by atoms with Gasteiger partial charge in [0.1, 0.15) is 6.33 Å². The number of rotatable bonds is 5. The van der Waals surface area contributed by atoms with Crippen molar-refractivity contribution in [2.75, 3.05) is 7.05 Å². The Balaban J connectivity index is 2.62. The van der Waals surface area contributed by atoms with Gasteiger partial charge in [0, 0.05) is 18.7 Å². The first-order valence-electron chi connectivity index (χ1n) is 5.25. The third-order valence-electron chi connectivity index (χ3n) is 2.35. The summed E-state index contributed by atoms with van der Waals surface area (Å²) in [6, 6.07) is 0.508. The highest BCUT2D eigenvalue weighted by Crippen LogP contribution is 2.13. The van der Waals surface area contributed by atoms with Gasteiger partial charge in [-0.2, -0.15) is 0 Å². The van der Waals surface area contributed by atoms with Crippen molar-refractivity contribution >= 4 is 22.6 Å². The molecule has 0 saturated heterocycles. The molecule has 1 atom stereocenters. The summed E-state index contributed by atoms with van der Waals surface area (Å²) in [5.41, 5.74) is 1.14. The van der Waals surface area contributed by atoms with Gasteiger partial charge in [-0.3, -0.25) is 0 Å². The van der Waals surface area contributed by atoms with E-state index in [9.17, 15) is 0 Å². The normalized spacial score (nSPS) is 13.1. The summed E-state index contributed by atoms with van der Waals surface area (Å²) in [6.07, 6.45) is 5.65. The topological polar surface area (TPSA) is 37.8 Å². The number of aromatic nitrogens is 2. The number of likely N-dealkylation sites (N-methyl/N-ethyl adjacent to an activating group) is 1. The molecule has 0 radical (unpaired) electrons. The van der Waals surface area contributed by atoms with Crippen molar-refractivity contribution < 1.29 is 0 Å². The van der Waals surface area contributed by atoms with Gasteiger partial charge in [0.2, 0.25) is 0 Å². The predicted molar refractivity (Wildman–Crippen MR) is 70.8 cm³/mol. The fourth-order valence-electron chi connectivity index (χ4n) is 1.59. The van der Waals surface area contributed by atoms with E-state index in [4.69, 9.17) is 0 Å². The first kappa shape index (κ1) is 12.8. The van der Waals surface area contributed by atoms with Crippen LogP contribution < -0.4 is 5.32 Å². The van der Waals surface area contributed by atoms with Crippen LogP contribution in [0, 0.1) is 9.49 Å². The van der Waals surface area contributed by atoms with E-state index in [0.29, 0.717) is 12.0 Å². The third-order valence-corrected chi connectivity index (χ3v) is 3.25. The Morgan fingerprint density at radius 2 is 2.20 bits per heavy atom. The fourth-order valence-corrected chi connectivity index (χ4v) is 2.11. The highest BCUT2D eigenvalue weighted by molar-refractivity contribution is 14.1. The van der Waals surface area contributed by atoms with E-state index in [1.54, 1.807) is 6.33 Å². The Morgan fingerprint density at radius 1 is 1.47 bits per heavy atom. The Bertz CT molecular complexity index is 302. The van der Waals surface area contributed by atoms with Crippen molar-refractivity contribution in [3.05, 3.63) is 21.8 Å². The van der Waals surface area contributed by atoms with E-state index < -0.39 is 0 Å². The second kappa shape index (κ2) is 6.37. The average Bonchev–Trinajstić information content (AvgIpc) is 2.19. The smallest absolute Gasteiger partial charge is 0.115 e. The zero-order chi connectivity index (χ0) is 11.3. The second-order valence-electron chi connectivity index (χ2n) is 4.14. The number of hydrogen-bond acceptors (Lipinski definition) is 3. The number of nitrogens with zero attached hydrogens (tertiary/aromatic N) is 2. The minimum absolute atomic E-state index is 0.508. The van der Waals surface area contributed by atoms with Gasteiger partial charge in [0.05, 0.1) is 9.26 Å². The van der Waals surface area contributed by atoms with Crippen LogP contribution in [0.15, 0.2) is 12.5 Å². The molecule has 0 fully saturated rings. The van der Waals surface area contributed by atoms with Crippen LogP contribution in [0.3, 0.4) is 0 Å². The molecule has 0 aliphatic rings. The zero-order valence-electron chi connectivity index (χ0n) is 9.50. The Morgan fingerprint density at radius 3 is 2.73 bits per heavy atom. The molecule has 15 heavy (non-hydrogen) atoms. The predicted octanol–water partition coefficient (Wildman–Crippen LogP) is 2.26. The largest absolute Gasteiger partial charge is 0.317 e. The summed E-state index contributed by atoms with van der Waals surface area (Å²) >= 11 is 2.29. The van der Waals surface area contributed by atoms with Gasteiger partial charge >= 0.3 is 0 Å². The van der Waals surface area contributed by atoms with Gasteiger partial charge in [0.25, 0.3) is 0 Å². The van der Waals surface area contributed by atoms with E-state index in [0.717, 1.165) is 15.7 Å². The van der Waals surface area contributed by atoms with Crippen LogP contribution in [0.4, 0.5) is 0 Å². The summed E-state index contributed by atoms with van der Waals surface area (Å²) < 4.78 is 1.15. The molecule has 4 heteroatoms. The average molecular weight is 319 g/mol. The van der Waals surface area contributed by atoms with Crippen molar-refractivity contribution in [2.45, 2.75) is 32.7 Å². The van der Waals surface area contributed by atoms with E-state index in [1.807, 2.05) is 13.2 Å². The molecule has 1 aromatic heterocycles. The standard InChI is InChI=1S/C11H18IN3/c1-8(2)4-9(13-3)5-11-10(12)6-14-7-15-11/h6-9,13H,4-5H2,1-3H3. The Kier molecular flexibility index (Phi) is 5.45. The Labute approximate surface area is 105 Å². The van der Waals surface area contributed by atoms with E-state index in [2.05, 4.69) is 51.7 Å². The minimum atomic E-state index is 0.508. The highest BCUT2D eigenvalue weighted by atomic mass is 127. The minimum Gasteiger partial charge on any atom is -0.317 e. The van der Waals surface area contributed by atoms with Crippen LogP contribution in [0.5, 0.6) is 0 Å². The van der Waals surface area contributed by atoms with Gasteiger partial charge < -0.3 is 5.32 Å². The van der Waals surface area contributed by atoms with Gasteiger partial charge in [0.15, 0.2) is 0 Å². The van der Waals surface area contributed by atoms with Gasteiger partial charge in [-0.1, -0.05) is 13.8 Å². The maximum absolute atomic E-state index is 4.31. The molecule has 0 aliphatic heterocycles. The van der Waals surface area contributed by atoms with E-state index >= 15 is 0 Å². The van der Waals surface area contributed by atoms with Gasteiger partial charge in [-0.15, -0.1) is 0 Å². The molecular weight excluding hydrogens is 301 g/mol. The molecule has 0 amide bonds. The molecule has 0 aromatic carbocycles. The number of hydrogen-bond donors (Lipinski definition) is 1. The monoisotopic (exact) mass is 319 g/mol. The SMILES string of the molecule is CNC(Cc1ncncc1I)CC(C)C. The molecule has 1 unspecified atom stereocenters. The number of nitrogens with one attached hydrogen (secondary N) is 1. The molecule has 1 N–H and O–H groups in total. The lowest BCUT2D eigenvalue weighted by Gasteiger charge is -2.18. The quantitative estimate of drug-likeness (QED) is 0.846. The molecular formula is C11H18IN3. The summed E-state index contributed by atoms with van der Waals surface area (Å²) in [7, 11) is 2.01. The lowest BCUT2D eigenvalue weighted by molar-refractivity contribution is 0.437. The van der Waals surface area contributed by atoms with Crippen LogP contribution in [0.2, 0.25) is 0 Å². The van der Waals surface area contributed by atoms with E-state index in [-0.39, 0.29) is 0 Å². The van der Waals surface area contributed by atoms with Crippen molar-refractivity contribution in [2.24, 2.45) is 5.92 Å². The summed E-state index contributed by atoms with van der Waals surface area (Å²) in [6.45, 7) is 4.49. The molecule has 3 nitrogen and oxygen atoms in total. The lowest BCUT2D eigenvalue weighted by Crippen LogP contribution is -2.29. The maximum atomic E-state index is 4.31. The Hall–Kier alpha value is -0.230. The van der Waals surface area contributed by atoms with Crippen LogP contribution in [0.1, 0.15) is 26.0 Å².